The molecule has 0 bridgehead atoms. The topological polar surface area (TPSA) is 42.4 Å². The molecule has 0 aliphatic carbocycles. The number of aliphatic hydroxyl groups excluding tert-OH is 1. The predicted octanol–water partition coefficient (Wildman–Crippen LogP) is 4.53. The third-order valence-electron chi connectivity index (χ3n) is 2.83. The molecule has 0 atom stereocenters. The third kappa shape index (κ3) is 3.77. The molecule has 6 heteroatoms. The molecule has 2 rings (SSSR count). The van der Waals surface area contributed by atoms with Crippen LogP contribution in [-0.2, 0) is 6.61 Å². The van der Waals surface area contributed by atoms with Gasteiger partial charge in [-0.15, -0.1) is 0 Å². The summed E-state index contributed by atoms with van der Waals surface area (Å²) in [6.07, 6.45) is 0. The van der Waals surface area contributed by atoms with Gasteiger partial charge in [-0.05, 0) is 29.7 Å². The molecular weight excluding hydrogens is 344 g/mol. The Balaban J connectivity index is 2.41. The van der Waals surface area contributed by atoms with Crippen molar-refractivity contribution >= 4 is 15.9 Å². The van der Waals surface area contributed by atoms with E-state index in [-0.39, 0.29) is 24.2 Å². The highest BCUT2D eigenvalue weighted by molar-refractivity contribution is 9.10. The van der Waals surface area contributed by atoms with Gasteiger partial charge in [0.15, 0.2) is 11.6 Å². The summed E-state index contributed by atoms with van der Waals surface area (Å²) in [5.41, 5.74) is 1.30. The number of nitrogens with zero attached hydrogens (tertiary/aromatic N) is 1. The van der Waals surface area contributed by atoms with E-state index in [2.05, 4.69) is 20.9 Å². The lowest BCUT2D eigenvalue weighted by Gasteiger charge is -2.12. The minimum atomic E-state index is -1.08. The SMILES string of the molecule is CC(C)c1cc(CO)cc(Oc2cc(Br)cc(F)c2F)n1. The zero-order chi connectivity index (χ0) is 15.6. The van der Waals surface area contributed by atoms with E-state index in [1.54, 1.807) is 6.07 Å². The van der Waals surface area contributed by atoms with Gasteiger partial charge in [0, 0.05) is 16.2 Å². The molecule has 0 aliphatic rings. The second-order valence-electron chi connectivity index (χ2n) is 4.85. The van der Waals surface area contributed by atoms with E-state index in [1.807, 2.05) is 13.8 Å². The maximum absolute atomic E-state index is 13.7. The van der Waals surface area contributed by atoms with Crippen molar-refractivity contribution in [2.24, 2.45) is 0 Å². The Morgan fingerprint density at radius 3 is 2.57 bits per heavy atom. The van der Waals surface area contributed by atoms with E-state index in [0.29, 0.717) is 15.7 Å². The molecule has 2 aromatic rings. The summed E-state index contributed by atoms with van der Waals surface area (Å²) in [5.74, 6) is -2.13. The van der Waals surface area contributed by atoms with Crippen molar-refractivity contribution in [3.8, 4) is 11.6 Å². The number of ether oxygens (including phenoxy) is 1. The average Bonchev–Trinajstić information content (AvgIpc) is 2.43. The lowest BCUT2D eigenvalue weighted by atomic mass is 10.1. The highest BCUT2D eigenvalue weighted by Gasteiger charge is 2.14. The zero-order valence-corrected chi connectivity index (χ0v) is 13.1. The van der Waals surface area contributed by atoms with Crippen molar-refractivity contribution in [3.05, 3.63) is 51.6 Å². The summed E-state index contributed by atoms with van der Waals surface area (Å²) < 4.78 is 32.8. The first-order valence-electron chi connectivity index (χ1n) is 6.34. The number of rotatable bonds is 4. The van der Waals surface area contributed by atoms with Crippen molar-refractivity contribution < 1.29 is 18.6 Å². The van der Waals surface area contributed by atoms with Gasteiger partial charge < -0.3 is 9.84 Å². The van der Waals surface area contributed by atoms with Crippen molar-refractivity contribution in [2.45, 2.75) is 26.4 Å². The molecule has 0 spiro atoms. The summed E-state index contributed by atoms with van der Waals surface area (Å²) in [6, 6.07) is 5.57. The van der Waals surface area contributed by atoms with Gasteiger partial charge >= 0.3 is 0 Å². The largest absolute Gasteiger partial charge is 0.436 e. The molecule has 0 aliphatic heterocycles. The minimum absolute atomic E-state index is 0.113. The summed E-state index contributed by atoms with van der Waals surface area (Å²) in [7, 11) is 0. The average molecular weight is 358 g/mol. The van der Waals surface area contributed by atoms with Crippen LogP contribution < -0.4 is 4.74 Å². The molecule has 21 heavy (non-hydrogen) atoms. The van der Waals surface area contributed by atoms with E-state index in [0.717, 1.165) is 6.07 Å². The zero-order valence-electron chi connectivity index (χ0n) is 11.5. The number of halogens is 3. The van der Waals surface area contributed by atoms with Gasteiger partial charge in [-0.25, -0.2) is 9.37 Å². The van der Waals surface area contributed by atoms with Gasteiger partial charge in [0.25, 0.3) is 0 Å². The van der Waals surface area contributed by atoms with Gasteiger partial charge in [0.2, 0.25) is 11.7 Å². The first kappa shape index (κ1) is 15.9. The first-order chi connectivity index (χ1) is 9.90. The number of pyridine rings is 1. The molecule has 0 saturated heterocycles. The monoisotopic (exact) mass is 357 g/mol. The van der Waals surface area contributed by atoms with Crippen molar-refractivity contribution in [1.29, 1.82) is 0 Å². The molecule has 0 radical (unpaired) electrons. The van der Waals surface area contributed by atoms with E-state index >= 15 is 0 Å². The van der Waals surface area contributed by atoms with Gasteiger partial charge in [-0.1, -0.05) is 29.8 Å². The fourth-order valence-corrected chi connectivity index (χ4v) is 2.15. The number of aliphatic hydroxyl groups is 1. The molecule has 0 fully saturated rings. The Bertz CT molecular complexity index is 662. The lowest BCUT2D eigenvalue weighted by molar-refractivity contribution is 0.280. The smallest absolute Gasteiger partial charge is 0.219 e. The molecule has 1 aromatic carbocycles. The van der Waals surface area contributed by atoms with Crippen LogP contribution in [-0.4, -0.2) is 10.1 Å². The Hall–Kier alpha value is -1.53. The maximum Gasteiger partial charge on any atom is 0.219 e. The van der Waals surface area contributed by atoms with Crippen LogP contribution in [0, 0.1) is 11.6 Å². The van der Waals surface area contributed by atoms with Crippen LogP contribution in [0.1, 0.15) is 31.0 Å². The molecule has 0 amide bonds. The molecule has 0 unspecified atom stereocenters. The Labute approximate surface area is 129 Å². The van der Waals surface area contributed by atoms with E-state index in [1.165, 1.54) is 12.1 Å². The Morgan fingerprint density at radius 1 is 1.24 bits per heavy atom. The fourth-order valence-electron chi connectivity index (χ4n) is 1.74. The molecule has 1 heterocycles. The summed E-state index contributed by atoms with van der Waals surface area (Å²) in [4.78, 5) is 4.24. The van der Waals surface area contributed by atoms with Crippen LogP contribution in [0.2, 0.25) is 0 Å². The number of hydrogen-bond acceptors (Lipinski definition) is 3. The second-order valence-corrected chi connectivity index (χ2v) is 5.77. The van der Waals surface area contributed by atoms with Gasteiger partial charge in [-0.2, -0.15) is 4.39 Å². The fraction of sp³-hybridized carbons (Fsp3) is 0.267. The Kier molecular flexibility index (Phi) is 4.90. The van der Waals surface area contributed by atoms with Crippen molar-refractivity contribution in [1.82, 2.24) is 4.98 Å². The summed E-state index contributed by atoms with van der Waals surface area (Å²) >= 11 is 3.08. The normalized spacial score (nSPS) is 11.0. The molecular formula is C15H14BrF2NO2. The summed E-state index contributed by atoms with van der Waals surface area (Å²) in [6.45, 7) is 3.69. The van der Waals surface area contributed by atoms with E-state index < -0.39 is 11.6 Å². The minimum Gasteiger partial charge on any atom is -0.436 e. The van der Waals surface area contributed by atoms with E-state index in [9.17, 15) is 13.9 Å². The van der Waals surface area contributed by atoms with Gasteiger partial charge in [0.05, 0.1) is 6.61 Å². The van der Waals surface area contributed by atoms with Crippen molar-refractivity contribution in [3.63, 3.8) is 0 Å². The molecule has 1 N–H and O–H groups in total. The van der Waals surface area contributed by atoms with Crippen molar-refractivity contribution in [2.75, 3.05) is 0 Å². The first-order valence-corrected chi connectivity index (χ1v) is 7.14. The van der Waals surface area contributed by atoms with Crippen LogP contribution in [0.15, 0.2) is 28.7 Å². The van der Waals surface area contributed by atoms with Crippen LogP contribution in [0.5, 0.6) is 11.6 Å². The number of benzene rings is 1. The van der Waals surface area contributed by atoms with Crippen LogP contribution in [0.25, 0.3) is 0 Å². The van der Waals surface area contributed by atoms with E-state index in [4.69, 9.17) is 4.74 Å². The standard InChI is InChI=1S/C15H14BrF2NO2/c1-8(2)12-3-9(7-20)4-14(19-12)21-13-6-10(16)5-11(17)15(13)18/h3-6,8,20H,7H2,1-2H3. The molecule has 3 nitrogen and oxygen atoms in total. The number of hydrogen-bond donors (Lipinski definition) is 1. The lowest BCUT2D eigenvalue weighted by Crippen LogP contribution is -2.00. The maximum atomic E-state index is 13.7. The van der Waals surface area contributed by atoms with Gasteiger partial charge in [0.1, 0.15) is 0 Å². The van der Waals surface area contributed by atoms with Gasteiger partial charge in [-0.3, -0.25) is 0 Å². The second kappa shape index (κ2) is 6.49. The molecule has 1 aromatic heterocycles. The molecule has 0 saturated carbocycles. The highest BCUT2D eigenvalue weighted by Crippen LogP contribution is 2.30. The molecule has 112 valence electrons. The summed E-state index contributed by atoms with van der Waals surface area (Å²) in [5, 5.41) is 9.25. The third-order valence-corrected chi connectivity index (χ3v) is 3.29. The predicted molar refractivity (Wildman–Crippen MR) is 78.4 cm³/mol. The van der Waals surface area contributed by atoms with Crippen LogP contribution >= 0.6 is 15.9 Å². The number of aromatic nitrogens is 1. The Morgan fingerprint density at radius 2 is 1.95 bits per heavy atom. The van der Waals surface area contributed by atoms with Crippen LogP contribution in [0.3, 0.4) is 0 Å². The highest BCUT2D eigenvalue weighted by atomic mass is 79.9. The quantitative estimate of drug-likeness (QED) is 0.817. The van der Waals surface area contributed by atoms with Crippen LogP contribution in [0.4, 0.5) is 8.78 Å².